The molecule has 0 saturated heterocycles. The number of rotatable bonds is 6. The Morgan fingerprint density at radius 1 is 1.33 bits per heavy atom. The summed E-state index contributed by atoms with van der Waals surface area (Å²) in [6.45, 7) is 1.51. The third-order valence-corrected chi connectivity index (χ3v) is 3.03. The van der Waals surface area contributed by atoms with Gasteiger partial charge in [-0.2, -0.15) is 0 Å². The number of methoxy groups -OCH3 is 1. The van der Waals surface area contributed by atoms with Crippen LogP contribution in [0.15, 0.2) is 28.7 Å². The number of halogens is 1. The van der Waals surface area contributed by atoms with Crippen LogP contribution in [0.5, 0.6) is 0 Å². The topological polar surface area (TPSA) is 35.2 Å². The van der Waals surface area contributed by atoms with Gasteiger partial charge in [0.25, 0.3) is 0 Å². The molecule has 3 heteroatoms. The van der Waals surface area contributed by atoms with Crippen LogP contribution in [0.1, 0.15) is 12.0 Å². The Bertz CT molecular complexity index is 273. The lowest BCUT2D eigenvalue weighted by Gasteiger charge is -2.14. The van der Waals surface area contributed by atoms with E-state index in [1.807, 2.05) is 0 Å². The zero-order chi connectivity index (χ0) is 11.1. The highest BCUT2D eigenvalue weighted by molar-refractivity contribution is 9.10. The first-order valence-electron chi connectivity index (χ1n) is 5.19. The van der Waals surface area contributed by atoms with Crippen molar-refractivity contribution >= 4 is 15.9 Å². The summed E-state index contributed by atoms with van der Waals surface area (Å²) < 4.78 is 6.19. The van der Waals surface area contributed by atoms with E-state index in [4.69, 9.17) is 10.5 Å². The van der Waals surface area contributed by atoms with Crippen LogP contribution in [0.4, 0.5) is 0 Å². The first kappa shape index (κ1) is 12.7. The van der Waals surface area contributed by atoms with Crippen LogP contribution in [0, 0.1) is 5.92 Å². The number of ether oxygens (including phenoxy) is 1. The Hall–Kier alpha value is -0.380. The smallest absolute Gasteiger partial charge is 0.0465 e. The average molecular weight is 272 g/mol. The van der Waals surface area contributed by atoms with Crippen LogP contribution in [-0.4, -0.2) is 20.3 Å². The van der Waals surface area contributed by atoms with E-state index in [2.05, 4.69) is 40.2 Å². The largest absolute Gasteiger partial charge is 0.385 e. The second kappa shape index (κ2) is 6.99. The van der Waals surface area contributed by atoms with E-state index in [1.54, 1.807) is 7.11 Å². The fraction of sp³-hybridized carbons (Fsp3) is 0.500. The van der Waals surface area contributed by atoms with Crippen molar-refractivity contribution in [2.24, 2.45) is 11.7 Å². The van der Waals surface area contributed by atoms with Gasteiger partial charge in [-0.3, -0.25) is 0 Å². The lowest BCUT2D eigenvalue weighted by atomic mass is 9.97. The van der Waals surface area contributed by atoms with Crippen LogP contribution < -0.4 is 5.73 Å². The van der Waals surface area contributed by atoms with Crippen LogP contribution >= 0.6 is 15.9 Å². The van der Waals surface area contributed by atoms with Gasteiger partial charge in [-0.15, -0.1) is 0 Å². The van der Waals surface area contributed by atoms with Crippen LogP contribution in [0.25, 0.3) is 0 Å². The van der Waals surface area contributed by atoms with Crippen molar-refractivity contribution in [1.29, 1.82) is 0 Å². The molecule has 2 nitrogen and oxygen atoms in total. The van der Waals surface area contributed by atoms with Gasteiger partial charge in [0, 0.05) is 18.2 Å². The van der Waals surface area contributed by atoms with E-state index in [1.165, 1.54) is 5.56 Å². The van der Waals surface area contributed by atoms with Gasteiger partial charge in [0.05, 0.1) is 0 Å². The van der Waals surface area contributed by atoms with E-state index >= 15 is 0 Å². The minimum atomic E-state index is 0.520. The average Bonchev–Trinajstić information content (AvgIpc) is 2.27. The van der Waals surface area contributed by atoms with Crippen LogP contribution in [0.3, 0.4) is 0 Å². The van der Waals surface area contributed by atoms with Gasteiger partial charge in [-0.25, -0.2) is 0 Å². The molecular formula is C12H18BrNO. The zero-order valence-corrected chi connectivity index (χ0v) is 10.7. The summed E-state index contributed by atoms with van der Waals surface area (Å²) >= 11 is 3.43. The van der Waals surface area contributed by atoms with Crippen LogP contribution in [0.2, 0.25) is 0 Å². The molecule has 1 atom stereocenters. The van der Waals surface area contributed by atoms with E-state index in [0.29, 0.717) is 5.92 Å². The highest BCUT2D eigenvalue weighted by atomic mass is 79.9. The summed E-state index contributed by atoms with van der Waals surface area (Å²) in [6, 6.07) is 8.41. The van der Waals surface area contributed by atoms with Gasteiger partial charge in [0.2, 0.25) is 0 Å². The SMILES string of the molecule is COCCC(CN)Cc1ccc(Br)cc1. The summed E-state index contributed by atoms with van der Waals surface area (Å²) in [5, 5.41) is 0. The maximum atomic E-state index is 5.73. The monoisotopic (exact) mass is 271 g/mol. The summed E-state index contributed by atoms with van der Waals surface area (Å²) in [5.41, 5.74) is 7.06. The molecule has 1 aromatic carbocycles. The second-order valence-electron chi connectivity index (χ2n) is 3.71. The zero-order valence-electron chi connectivity index (χ0n) is 9.08. The van der Waals surface area contributed by atoms with Crippen molar-refractivity contribution in [3.05, 3.63) is 34.3 Å². The standard InChI is InChI=1S/C12H18BrNO/c1-15-7-6-11(9-14)8-10-2-4-12(13)5-3-10/h2-5,11H,6-9,14H2,1H3. The Morgan fingerprint density at radius 2 is 2.00 bits per heavy atom. The fourth-order valence-electron chi connectivity index (χ4n) is 1.54. The molecule has 1 rings (SSSR count). The maximum absolute atomic E-state index is 5.73. The normalized spacial score (nSPS) is 12.7. The molecule has 0 fully saturated rings. The molecule has 0 saturated carbocycles. The van der Waals surface area contributed by atoms with Gasteiger partial charge in [0.15, 0.2) is 0 Å². The van der Waals surface area contributed by atoms with Gasteiger partial charge in [-0.05, 0) is 43.0 Å². The number of nitrogens with two attached hydrogens (primary N) is 1. The summed E-state index contributed by atoms with van der Waals surface area (Å²) in [4.78, 5) is 0. The highest BCUT2D eigenvalue weighted by Crippen LogP contribution is 2.15. The van der Waals surface area contributed by atoms with Crippen molar-refractivity contribution < 1.29 is 4.74 Å². The molecule has 0 aliphatic heterocycles. The molecule has 0 radical (unpaired) electrons. The van der Waals surface area contributed by atoms with E-state index < -0.39 is 0 Å². The second-order valence-corrected chi connectivity index (χ2v) is 4.63. The van der Waals surface area contributed by atoms with E-state index in [9.17, 15) is 0 Å². The predicted octanol–water partition coefficient (Wildman–Crippen LogP) is 2.60. The first-order valence-corrected chi connectivity index (χ1v) is 5.99. The molecular weight excluding hydrogens is 254 g/mol. The van der Waals surface area contributed by atoms with Gasteiger partial charge in [-0.1, -0.05) is 28.1 Å². The lowest BCUT2D eigenvalue weighted by molar-refractivity contribution is 0.178. The predicted molar refractivity (Wildman–Crippen MR) is 66.9 cm³/mol. The third-order valence-electron chi connectivity index (χ3n) is 2.50. The maximum Gasteiger partial charge on any atom is 0.0465 e. The summed E-state index contributed by atoms with van der Waals surface area (Å²) in [5.74, 6) is 0.520. The van der Waals surface area contributed by atoms with Crippen molar-refractivity contribution in [2.45, 2.75) is 12.8 Å². The molecule has 0 amide bonds. The summed E-state index contributed by atoms with van der Waals surface area (Å²) in [7, 11) is 1.73. The molecule has 0 heterocycles. The summed E-state index contributed by atoms with van der Waals surface area (Å²) in [6.07, 6.45) is 2.07. The molecule has 0 bridgehead atoms. The molecule has 1 unspecified atom stereocenters. The Kier molecular flexibility index (Phi) is 5.91. The molecule has 15 heavy (non-hydrogen) atoms. The molecule has 1 aromatic rings. The van der Waals surface area contributed by atoms with Gasteiger partial charge < -0.3 is 10.5 Å². The quantitative estimate of drug-likeness (QED) is 0.864. The van der Waals surface area contributed by atoms with Crippen molar-refractivity contribution in [3.63, 3.8) is 0 Å². The minimum absolute atomic E-state index is 0.520. The van der Waals surface area contributed by atoms with Crippen LogP contribution in [-0.2, 0) is 11.2 Å². The number of hydrogen-bond donors (Lipinski definition) is 1. The Balaban J connectivity index is 2.47. The van der Waals surface area contributed by atoms with Crippen molar-refractivity contribution in [2.75, 3.05) is 20.3 Å². The molecule has 0 aliphatic rings. The minimum Gasteiger partial charge on any atom is -0.385 e. The highest BCUT2D eigenvalue weighted by Gasteiger charge is 2.07. The van der Waals surface area contributed by atoms with E-state index in [-0.39, 0.29) is 0 Å². The molecule has 2 N–H and O–H groups in total. The van der Waals surface area contributed by atoms with Gasteiger partial charge >= 0.3 is 0 Å². The lowest BCUT2D eigenvalue weighted by Crippen LogP contribution is -2.18. The fourth-order valence-corrected chi connectivity index (χ4v) is 1.81. The van der Waals surface area contributed by atoms with Crippen molar-refractivity contribution in [1.82, 2.24) is 0 Å². The molecule has 0 spiro atoms. The third kappa shape index (κ3) is 4.78. The van der Waals surface area contributed by atoms with E-state index in [0.717, 1.165) is 30.5 Å². The number of hydrogen-bond acceptors (Lipinski definition) is 2. The molecule has 0 aromatic heterocycles. The number of benzene rings is 1. The van der Waals surface area contributed by atoms with Crippen molar-refractivity contribution in [3.8, 4) is 0 Å². The Labute approximate surface area is 99.9 Å². The first-order chi connectivity index (χ1) is 7.26. The Morgan fingerprint density at radius 3 is 2.53 bits per heavy atom. The molecule has 0 aliphatic carbocycles. The molecule has 84 valence electrons. The van der Waals surface area contributed by atoms with Gasteiger partial charge in [0.1, 0.15) is 0 Å².